The van der Waals surface area contributed by atoms with Crippen LogP contribution in [0.2, 0.25) is 0 Å². The maximum absolute atomic E-state index is 13.1. The molecule has 2 aliphatic heterocycles. The van der Waals surface area contributed by atoms with E-state index in [4.69, 9.17) is 9.51 Å². The van der Waals surface area contributed by atoms with Crippen LogP contribution in [-0.4, -0.2) is 57.6 Å². The standard InChI is InChI=1S/C27H33N5O4S/c1-17-26(18(2)36-29-17)19-9-10-23-22(15-19)28-27(32(23)21-13-14-30(16-21)37(3,34)35)24-11-12-25(33)31(24)20-7-5-4-6-8-20/h7,9-10,15,21,24H,4-6,8,11-14,16H2,1-3H3/t21-,24+/m1/s1. The Morgan fingerprint density at radius 1 is 1.11 bits per heavy atom. The summed E-state index contributed by atoms with van der Waals surface area (Å²) in [5.41, 5.74) is 5.68. The number of benzene rings is 1. The molecule has 1 aromatic carbocycles. The molecule has 3 aliphatic rings. The van der Waals surface area contributed by atoms with Gasteiger partial charge in [0.05, 0.1) is 35.1 Å². The van der Waals surface area contributed by atoms with Gasteiger partial charge in [0, 0.05) is 30.8 Å². The number of allylic oxidation sites excluding steroid dienone is 2. The van der Waals surface area contributed by atoms with Gasteiger partial charge in [-0.3, -0.25) is 4.79 Å². The minimum absolute atomic E-state index is 0.0440. The highest BCUT2D eigenvalue weighted by molar-refractivity contribution is 7.88. The first-order valence-corrected chi connectivity index (χ1v) is 15.0. The molecule has 0 N–H and O–H groups in total. The smallest absolute Gasteiger partial charge is 0.227 e. The fourth-order valence-electron chi connectivity index (χ4n) is 6.34. The Hall–Kier alpha value is -2.98. The molecule has 0 saturated carbocycles. The monoisotopic (exact) mass is 523 g/mol. The van der Waals surface area contributed by atoms with Crippen molar-refractivity contribution >= 4 is 27.0 Å². The third-order valence-electron chi connectivity index (χ3n) is 8.09. The van der Waals surface area contributed by atoms with Crippen LogP contribution >= 0.6 is 0 Å². The van der Waals surface area contributed by atoms with Crippen LogP contribution in [0.15, 0.2) is 34.5 Å². The average molecular weight is 524 g/mol. The third kappa shape index (κ3) is 4.20. The van der Waals surface area contributed by atoms with Gasteiger partial charge in [-0.2, -0.15) is 0 Å². The van der Waals surface area contributed by atoms with Gasteiger partial charge in [0.1, 0.15) is 11.6 Å². The van der Waals surface area contributed by atoms with Crippen LogP contribution in [0.5, 0.6) is 0 Å². The maximum atomic E-state index is 13.1. The largest absolute Gasteiger partial charge is 0.361 e. The summed E-state index contributed by atoms with van der Waals surface area (Å²) in [4.78, 5) is 20.3. The molecule has 2 fully saturated rings. The van der Waals surface area contributed by atoms with Crippen LogP contribution in [0.25, 0.3) is 22.2 Å². The van der Waals surface area contributed by atoms with Crippen molar-refractivity contribution in [2.75, 3.05) is 19.3 Å². The van der Waals surface area contributed by atoms with Gasteiger partial charge in [0.2, 0.25) is 15.9 Å². The maximum Gasteiger partial charge on any atom is 0.227 e. The molecule has 9 nitrogen and oxygen atoms in total. The molecule has 0 bridgehead atoms. The fraction of sp³-hybridized carbons (Fsp3) is 0.519. The first-order chi connectivity index (χ1) is 17.7. The number of carbonyl (C=O) groups is 1. The minimum atomic E-state index is -3.29. The molecule has 0 radical (unpaired) electrons. The van der Waals surface area contributed by atoms with Gasteiger partial charge in [-0.05, 0) is 70.1 Å². The number of rotatable bonds is 5. The Kier molecular flexibility index (Phi) is 5.99. The molecular formula is C27H33N5O4S. The molecule has 10 heteroatoms. The van der Waals surface area contributed by atoms with E-state index >= 15 is 0 Å². The molecule has 37 heavy (non-hydrogen) atoms. The zero-order valence-corrected chi connectivity index (χ0v) is 22.4. The molecular weight excluding hydrogens is 490 g/mol. The summed E-state index contributed by atoms with van der Waals surface area (Å²) in [6.07, 6.45) is 9.54. The molecule has 0 unspecified atom stereocenters. The third-order valence-corrected chi connectivity index (χ3v) is 9.36. The van der Waals surface area contributed by atoms with Crippen molar-refractivity contribution in [1.82, 2.24) is 23.9 Å². The van der Waals surface area contributed by atoms with E-state index in [0.29, 0.717) is 32.4 Å². The van der Waals surface area contributed by atoms with E-state index in [9.17, 15) is 13.2 Å². The summed E-state index contributed by atoms with van der Waals surface area (Å²) in [6, 6.07) is 5.99. The first kappa shape index (κ1) is 24.4. The zero-order chi connectivity index (χ0) is 25.9. The molecule has 1 amide bonds. The molecule has 0 spiro atoms. The van der Waals surface area contributed by atoms with E-state index < -0.39 is 10.0 Å². The van der Waals surface area contributed by atoms with Crippen LogP contribution in [0.4, 0.5) is 0 Å². The van der Waals surface area contributed by atoms with Gasteiger partial charge in [0.15, 0.2) is 0 Å². The fourth-order valence-corrected chi connectivity index (χ4v) is 7.22. The van der Waals surface area contributed by atoms with Crippen LogP contribution < -0.4 is 0 Å². The summed E-state index contributed by atoms with van der Waals surface area (Å²) in [5, 5.41) is 4.11. The predicted octanol–water partition coefficient (Wildman–Crippen LogP) is 4.64. The van der Waals surface area contributed by atoms with Gasteiger partial charge in [0.25, 0.3) is 0 Å². The summed E-state index contributed by atoms with van der Waals surface area (Å²) < 4.78 is 33.8. The number of hydrogen-bond acceptors (Lipinski definition) is 6. The number of sulfonamides is 1. The number of hydrogen-bond donors (Lipinski definition) is 0. The lowest BCUT2D eigenvalue weighted by molar-refractivity contribution is -0.127. The van der Waals surface area contributed by atoms with Crippen molar-refractivity contribution in [2.45, 2.75) is 70.9 Å². The molecule has 6 rings (SSSR count). The second-order valence-corrected chi connectivity index (χ2v) is 12.5. The number of imidazole rings is 1. The summed E-state index contributed by atoms with van der Waals surface area (Å²) in [5.74, 6) is 1.76. The zero-order valence-electron chi connectivity index (χ0n) is 21.6. The van der Waals surface area contributed by atoms with E-state index in [2.05, 4.69) is 34.0 Å². The SMILES string of the molecule is Cc1noc(C)c1-c1ccc2c(c1)nc([C@@H]1CCC(=O)N1C1=CCCCC1)n2[C@@H]1CCN(S(C)(=O)=O)C1. The molecule has 196 valence electrons. The second-order valence-electron chi connectivity index (χ2n) is 10.6. The molecule has 2 aromatic heterocycles. The molecule has 2 atom stereocenters. The van der Waals surface area contributed by atoms with Gasteiger partial charge in [-0.1, -0.05) is 17.3 Å². The van der Waals surface area contributed by atoms with Gasteiger partial charge in [-0.15, -0.1) is 0 Å². The lowest BCUT2D eigenvalue weighted by atomic mass is 10.0. The van der Waals surface area contributed by atoms with Crippen molar-refractivity contribution in [3.63, 3.8) is 0 Å². The quantitative estimate of drug-likeness (QED) is 0.483. The van der Waals surface area contributed by atoms with Crippen molar-refractivity contribution in [3.05, 3.63) is 47.3 Å². The van der Waals surface area contributed by atoms with E-state index in [0.717, 1.165) is 70.8 Å². The van der Waals surface area contributed by atoms with Crippen LogP contribution in [0.3, 0.4) is 0 Å². The first-order valence-electron chi connectivity index (χ1n) is 13.1. The van der Waals surface area contributed by atoms with Crippen molar-refractivity contribution in [1.29, 1.82) is 0 Å². The summed E-state index contributed by atoms with van der Waals surface area (Å²) in [7, 11) is -3.29. The Morgan fingerprint density at radius 3 is 2.62 bits per heavy atom. The predicted molar refractivity (Wildman–Crippen MR) is 140 cm³/mol. The highest BCUT2D eigenvalue weighted by atomic mass is 32.2. The summed E-state index contributed by atoms with van der Waals surface area (Å²) in [6.45, 7) is 4.73. The van der Waals surface area contributed by atoms with E-state index in [-0.39, 0.29) is 18.0 Å². The molecule has 3 aromatic rings. The van der Waals surface area contributed by atoms with E-state index in [1.165, 1.54) is 6.26 Å². The Balaban J connectivity index is 1.49. The lowest BCUT2D eigenvalue weighted by Crippen LogP contribution is -2.31. The topological polar surface area (TPSA) is 102 Å². The second kappa shape index (κ2) is 9.09. The van der Waals surface area contributed by atoms with E-state index in [1.54, 1.807) is 4.31 Å². The summed E-state index contributed by atoms with van der Waals surface area (Å²) >= 11 is 0. The number of likely N-dealkylation sites (tertiary alicyclic amines) is 1. The minimum Gasteiger partial charge on any atom is -0.361 e. The van der Waals surface area contributed by atoms with Crippen LogP contribution in [0, 0.1) is 13.8 Å². The number of fused-ring (bicyclic) bond motifs is 1. The number of nitrogens with zero attached hydrogens (tertiary/aromatic N) is 5. The Labute approximate surface area is 217 Å². The van der Waals surface area contributed by atoms with Crippen LogP contribution in [0.1, 0.15) is 74.3 Å². The molecule has 2 saturated heterocycles. The Bertz CT molecular complexity index is 1500. The number of aryl methyl sites for hydroxylation is 2. The highest BCUT2D eigenvalue weighted by Gasteiger charge is 2.40. The highest BCUT2D eigenvalue weighted by Crippen LogP contribution is 2.42. The van der Waals surface area contributed by atoms with Crippen molar-refractivity contribution in [2.24, 2.45) is 0 Å². The van der Waals surface area contributed by atoms with Gasteiger partial charge in [-0.25, -0.2) is 17.7 Å². The van der Waals surface area contributed by atoms with Gasteiger partial charge >= 0.3 is 0 Å². The van der Waals surface area contributed by atoms with Crippen molar-refractivity contribution in [3.8, 4) is 11.1 Å². The molecule has 1 aliphatic carbocycles. The number of aromatic nitrogens is 3. The average Bonchev–Trinajstić information content (AvgIpc) is 3.64. The number of amides is 1. The van der Waals surface area contributed by atoms with Crippen LogP contribution in [-0.2, 0) is 14.8 Å². The van der Waals surface area contributed by atoms with Crippen molar-refractivity contribution < 1.29 is 17.7 Å². The normalized spacial score (nSPS) is 23.4. The lowest BCUT2D eigenvalue weighted by Gasteiger charge is -2.30. The molecule has 4 heterocycles. The Morgan fingerprint density at radius 2 is 1.95 bits per heavy atom. The van der Waals surface area contributed by atoms with Gasteiger partial charge < -0.3 is 14.0 Å². The number of carbonyl (C=O) groups excluding carboxylic acids is 1. The van der Waals surface area contributed by atoms with E-state index in [1.807, 2.05) is 18.7 Å².